The first-order chi connectivity index (χ1) is 16.5. The molecule has 5 aliphatic rings. The van der Waals surface area contributed by atoms with Gasteiger partial charge in [-0.3, -0.25) is 14.4 Å². The first kappa shape index (κ1) is 19.8. The molecule has 0 saturated carbocycles. The maximum absolute atomic E-state index is 13.9. The first-order valence-corrected chi connectivity index (χ1v) is 11.4. The smallest absolute Gasteiger partial charge is 0.231 e. The largest absolute Gasteiger partial charge is 0.467 e. The van der Waals surface area contributed by atoms with Gasteiger partial charge in [-0.25, -0.2) is 0 Å². The number of nitrogens with zero attached hydrogens (tertiary/aromatic N) is 1. The molecule has 2 amide bonds. The van der Waals surface area contributed by atoms with E-state index in [1.165, 1.54) is 6.26 Å². The molecule has 1 N–H and O–H groups in total. The molecule has 3 fully saturated rings. The number of furan rings is 1. The molecule has 9 nitrogen and oxygen atoms in total. The molecule has 9 heteroatoms. The number of carbonyl (C=O) groups excluding carboxylic acids is 3. The lowest BCUT2D eigenvalue weighted by molar-refractivity contribution is -0.147. The third-order valence-electron chi connectivity index (χ3n) is 7.89. The van der Waals surface area contributed by atoms with Gasteiger partial charge in [-0.1, -0.05) is 19.1 Å². The van der Waals surface area contributed by atoms with Gasteiger partial charge in [0.15, 0.2) is 11.5 Å². The summed E-state index contributed by atoms with van der Waals surface area (Å²) in [6.07, 6.45) is 4.93. The second-order valence-electron chi connectivity index (χ2n) is 9.54. The number of benzene rings is 1. The average Bonchev–Trinajstić information content (AvgIpc) is 3.64. The normalized spacial score (nSPS) is 36.7. The molecule has 1 aromatic carbocycles. The van der Waals surface area contributed by atoms with Crippen LogP contribution in [0.3, 0.4) is 0 Å². The molecule has 6 heterocycles. The van der Waals surface area contributed by atoms with E-state index < -0.39 is 41.5 Å². The number of Topliss-reactive ketones (excluding diaryl/α,β-unsaturated/α-hetero) is 1. The van der Waals surface area contributed by atoms with Crippen LogP contribution in [0, 0.1) is 17.8 Å². The quantitative estimate of drug-likeness (QED) is 0.698. The van der Waals surface area contributed by atoms with Gasteiger partial charge in [-0.2, -0.15) is 0 Å². The van der Waals surface area contributed by atoms with Gasteiger partial charge in [0.25, 0.3) is 0 Å². The topological polar surface area (TPSA) is 107 Å². The van der Waals surface area contributed by atoms with Gasteiger partial charge in [0.1, 0.15) is 17.1 Å². The maximum Gasteiger partial charge on any atom is 0.231 e. The predicted molar refractivity (Wildman–Crippen MR) is 116 cm³/mol. The minimum atomic E-state index is -1.01. The van der Waals surface area contributed by atoms with Crippen LogP contribution < -0.4 is 14.8 Å². The van der Waals surface area contributed by atoms with Crippen molar-refractivity contribution in [3.63, 3.8) is 0 Å². The van der Waals surface area contributed by atoms with Crippen molar-refractivity contribution < 1.29 is 33.0 Å². The molecule has 1 aromatic heterocycles. The third-order valence-corrected chi connectivity index (χ3v) is 7.89. The zero-order valence-electron chi connectivity index (χ0n) is 18.3. The van der Waals surface area contributed by atoms with Crippen LogP contribution in [-0.4, -0.2) is 47.0 Å². The summed E-state index contributed by atoms with van der Waals surface area (Å²) in [6, 6.07) is 7.69. The summed E-state index contributed by atoms with van der Waals surface area (Å²) >= 11 is 0. The molecular weight excluding hydrogens is 440 g/mol. The summed E-state index contributed by atoms with van der Waals surface area (Å²) in [5.74, 6) is -0.534. The van der Waals surface area contributed by atoms with Crippen LogP contribution >= 0.6 is 0 Å². The lowest BCUT2D eigenvalue weighted by Gasteiger charge is -2.43. The first-order valence-electron chi connectivity index (χ1n) is 11.4. The van der Waals surface area contributed by atoms with Crippen LogP contribution in [0.25, 0.3) is 0 Å². The molecule has 0 unspecified atom stereocenters. The third kappa shape index (κ3) is 2.45. The lowest BCUT2D eigenvalue weighted by atomic mass is 9.70. The molecule has 34 heavy (non-hydrogen) atoms. The van der Waals surface area contributed by atoms with E-state index in [9.17, 15) is 14.4 Å². The maximum atomic E-state index is 13.9. The van der Waals surface area contributed by atoms with E-state index in [0.717, 1.165) is 0 Å². The summed E-state index contributed by atoms with van der Waals surface area (Å²) in [5, 5.41) is 2.92. The number of ether oxygens (including phenoxy) is 3. The average molecular weight is 462 g/mol. The minimum Gasteiger partial charge on any atom is -0.467 e. The van der Waals surface area contributed by atoms with Crippen molar-refractivity contribution in [2.45, 2.75) is 37.1 Å². The summed E-state index contributed by atoms with van der Waals surface area (Å²) in [5.41, 5.74) is -0.464. The highest BCUT2D eigenvalue weighted by Gasteiger charge is 2.74. The molecule has 7 rings (SSSR count). The summed E-state index contributed by atoms with van der Waals surface area (Å²) in [7, 11) is 0. The SMILES string of the molecule is C[C@H]1C(=O)C[C@H](c2ccco2)N2C(=O)[C@@H]3[C@H](C(=O)Nc4ccc5c(c4)OCO5)[C@@H]4C=C[C@@]3(O4)[C@@H]12. The van der Waals surface area contributed by atoms with Crippen LogP contribution in [0.15, 0.2) is 53.2 Å². The Kier molecular flexibility index (Phi) is 3.92. The number of hydrogen-bond acceptors (Lipinski definition) is 7. The molecular formula is C25H22N2O7. The Labute approximate surface area is 194 Å². The molecule has 174 valence electrons. The van der Waals surface area contributed by atoms with Crippen molar-refractivity contribution in [2.75, 3.05) is 12.1 Å². The fourth-order valence-electron chi connectivity index (χ4n) is 6.46. The van der Waals surface area contributed by atoms with Crippen molar-refractivity contribution in [1.82, 2.24) is 4.90 Å². The molecule has 0 radical (unpaired) electrons. The molecule has 0 aliphatic carbocycles. The van der Waals surface area contributed by atoms with Crippen LogP contribution in [0.1, 0.15) is 25.1 Å². The summed E-state index contributed by atoms with van der Waals surface area (Å²) in [4.78, 5) is 42.2. The van der Waals surface area contributed by atoms with Crippen LogP contribution in [-0.2, 0) is 19.1 Å². The van der Waals surface area contributed by atoms with Crippen molar-refractivity contribution >= 4 is 23.3 Å². The Hall–Kier alpha value is -3.59. The highest BCUT2D eigenvalue weighted by molar-refractivity contribution is 6.01. The zero-order valence-corrected chi connectivity index (χ0v) is 18.3. The van der Waals surface area contributed by atoms with E-state index in [2.05, 4.69) is 5.32 Å². The number of carbonyl (C=O) groups is 3. The number of fused-ring (bicyclic) bond motifs is 3. The van der Waals surface area contributed by atoms with Crippen molar-refractivity contribution in [3.05, 3.63) is 54.5 Å². The van der Waals surface area contributed by atoms with Crippen molar-refractivity contribution in [2.24, 2.45) is 17.8 Å². The number of rotatable bonds is 3. The van der Waals surface area contributed by atoms with E-state index in [0.29, 0.717) is 22.9 Å². The van der Waals surface area contributed by atoms with Crippen LogP contribution in [0.4, 0.5) is 5.69 Å². The number of ketones is 1. The highest BCUT2D eigenvalue weighted by atomic mass is 16.7. The monoisotopic (exact) mass is 462 g/mol. The molecule has 7 atom stereocenters. The lowest BCUT2D eigenvalue weighted by Crippen LogP contribution is -2.55. The highest BCUT2D eigenvalue weighted by Crippen LogP contribution is 2.60. The van der Waals surface area contributed by atoms with Gasteiger partial charge in [-0.15, -0.1) is 0 Å². The van der Waals surface area contributed by atoms with Crippen molar-refractivity contribution in [3.8, 4) is 11.5 Å². The fourth-order valence-corrected chi connectivity index (χ4v) is 6.46. The molecule has 2 bridgehead atoms. The van der Waals surface area contributed by atoms with E-state index >= 15 is 0 Å². The molecule has 2 aromatic rings. The van der Waals surface area contributed by atoms with Gasteiger partial charge < -0.3 is 28.8 Å². The van der Waals surface area contributed by atoms with E-state index in [1.807, 2.05) is 19.1 Å². The van der Waals surface area contributed by atoms with Gasteiger partial charge >= 0.3 is 0 Å². The minimum absolute atomic E-state index is 0.0548. The molecule has 1 spiro atoms. The van der Waals surface area contributed by atoms with Gasteiger partial charge in [0.2, 0.25) is 18.6 Å². The molecule has 5 aliphatic heterocycles. The number of piperidine rings is 1. The standard InChI is InChI=1S/C25H22N2O7/c1-12-15(28)10-14(16-3-2-8-31-16)27-22(12)25-7-6-18(34-25)20(21(25)24(27)30)23(29)26-13-4-5-17-19(9-13)33-11-32-17/h2-9,12,14,18,20-22H,10-11H2,1H3,(H,26,29)/t12-,14+,18-,20+,21-,22+,25-/m0/s1. The Bertz CT molecular complexity index is 1250. The number of anilines is 1. The Morgan fingerprint density at radius 2 is 2.03 bits per heavy atom. The second kappa shape index (κ2) is 6.73. The Morgan fingerprint density at radius 1 is 1.18 bits per heavy atom. The fraction of sp³-hybridized carbons (Fsp3) is 0.400. The van der Waals surface area contributed by atoms with Crippen LogP contribution in [0.2, 0.25) is 0 Å². The van der Waals surface area contributed by atoms with E-state index in [-0.39, 0.29) is 30.8 Å². The number of hydrogen-bond donors (Lipinski definition) is 1. The van der Waals surface area contributed by atoms with Gasteiger partial charge in [-0.05, 0) is 24.3 Å². The summed E-state index contributed by atoms with van der Waals surface area (Å²) in [6.45, 7) is 1.98. The number of amides is 2. The Morgan fingerprint density at radius 3 is 2.85 bits per heavy atom. The second-order valence-corrected chi connectivity index (χ2v) is 9.54. The van der Waals surface area contributed by atoms with Crippen molar-refractivity contribution in [1.29, 1.82) is 0 Å². The van der Waals surface area contributed by atoms with Gasteiger partial charge in [0, 0.05) is 24.1 Å². The van der Waals surface area contributed by atoms with E-state index in [1.54, 1.807) is 35.2 Å². The summed E-state index contributed by atoms with van der Waals surface area (Å²) < 4.78 is 22.7. The van der Waals surface area contributed by atoms with E-state index in [4.69, 9.17) is 18.6 Å². The Balaban J connectivity index is 1.24. The zero-order chi connectivity index (χ0) is 23.2. The predicted octanol–water partition coefficient (Wildman–Crippen LogP) is 2.45. The van der Waals surface area contributed by atoms with Gasteiger partial charge in [0.05, 0.1) is 36.3 Å². The van der Waals surface area contributed by atoms with Crippen LogP contribution in [0.5, 0.6) is 11.5 Å². The number of nitrogens with one attached hydrogen (secondary N) is 1. The molecule has 3 saturated heterocycles.